The number of carbonyl (C=O) groups excluding carboxylic acids is 1. The topological polar surface area (TPSA) is 76.0 Å². The summed E-state index contributed by atoms with van der Waals surface area (Å²) >= 11 is 0. The molecule has 3 rings (SSSR count). The minimum Gasteiger partial charge on any atom is -0.478 e. The van der Waals surface area contributed by atoms with Gasteiger partial charge < -0.3 is 9.84 Å². The van der Waals surface area contributed by atoms with E-state index in [1.807, 2.05) is 0 Å². The molecule has 0 amide bonds. The van der Waals surface area contributed by atoms with Crippen molar-refractivity contribution in [2.24, 2.45) is 4.99 Å². The Hall–Kier alpha value is -3.28. The summed E-state index contributed by atoms with van der Waals surface area (Å²) in [6.07, 6.45) is 1.45. The number of carboxylic acids is 1. The summed E-state index contributed by atoms with van der Waals surface area (Å²) in [5.74, 6) is -2.36. The SMILES string of the molecule is O=C1OC(c2ccccc2F)=NC1=Cc1ccc(C(=O)O)cc1. The van der Waals surface area contributed by atoms with Gasteiger partial charge in [-0.2, -0.15) is 0 Å². The highest BCUT2D eigenvalue weighted by Gasteiger charge is 2.25. The third kappa shape index (κ3) is 3.01. The van der Waals surface area contributed by atoms with Crippen molar-refractivity contribution in [2.75, 3.05) is 0 Å². The molecule has 2 aromatic rings. The van der Waals surface area contributed by atoms with Crippen LogP contribution in [0.4, 0.5) is 4.39 Å². The van der Waals surface area contributed by atoms with Crippen LogP contribution >= 0.6 is 0 Å². The highest BCUT2D eigenvalue weighted by Crippen LogP contribution is 2.20. The van der Waals surface area contributed by atoms with Gasteiger partial charge in [0.25, 0.3) is 0 Å². The number of aromatic carboxylic acids is 1. The quantitative estimate of drug-likeness (QED) is 0.698. The normalized spacial score (nSPS) is 15.4. The zero-order valence-electron chi connectivity index (χ0n) is 11.7. The number of carboxylic acid groups (broad SMARTS) is 1. The van der Waals surface area contributed by atoms with Crippen molar-refractivity contribution in [1.29, 1.82) is 0 Å². The smallest absolute Gasteiger partial charge is 0.363 e. The fraction of sp³-hybridized carbons (Fsp3) is 0. The molecule has 0 aliphatic carbocycles. The van der Waals surface area contributed by atoms with E-state index in [0.717, 1.165) is 0 Å². The van der Waals surface area contributed by atoms with Crippen molar-refractivity contribution < 1.29 is 23.8 Å². The van der Waals surface area contributed by atoms with Gasteiger partial charge in [-0.05, 0) is 35.9 Å². The monoisotopic (exact) mass is 311 g/mol. The minimum atomic E-state index is -1.04. The maximum absolute atomic E-state index is 13.7. The Morgan fingerprint density at radius 3 is 2.48 bits per heavy atom. The first-order chi connectivity index (χ1) is 11.0. The van der Waals surface area contributed by atoms with Crippen LogP contribution in [-0.2, 0) is 9.53 Å². The van der Waals surface area contributed by atoms with Crippen molar-refractivity contribution >= 4 is 23.9 Å². The lowest BCUT2D eigenvalue weighted by Gasteiger charge is -1.99. The van der Waals surface area contributed by atoms with Crippen LogP contribution in [-0.4, -0.2) is 22.9 Å². The third-order valence-corrected chi connectivity index (χ3v) is 3.19. The maximum atomic E-state index is 13.7. The van der Waals surface area contributed by atoms with E-state index in [9.17, 15) is 14.0 Å². The summed E-state index contributed by atoms with van der Waals surface area (Å²) in [5, 5.41) is 8.84. The fourth-order valence-corrected chi connectivity index (χ4v) is 2.04. The Balaban J connectivity index is 1.92. The molecule has 0 saturated heterocycles. The molecule has 0 unspecified atom stereocenters. The van der Waals surface area contributed by atoms with Crippen LogP contribution in [0.3, 0.4) is 0 Å². The Kier molecular flexibility index (Phi) is 3.72. The maximum Gasteiger partial charge on any atom is 0.363 e. The van der Waals surface area contributed by atoms with Crippen LogP contribution < -0.4 is 0 Å². The molecule has 0 atom stereocenters. The molecular weight excluding hydrogens is 301 g/mol. The average Bonchev–Trinajstić information content (AvgIpc) is 2.89. The summed E-state index contributed by atoms with van der Waals surface area (Å²) in [4.78, 5) is 26.6. The summed E-state index contributed by atoms with van der Waals surface area (Å²) in [6, 6.07) is 11.8. The first-order valence-electron chi connectivity index (χ1n) is 6.65. The second kappa shape index (κ2) is 5.84. The molecule has 0 aromatic heterocycles. The van der Waals surface area contributed by atoms with E-state index in [1.165, 1.54) is 36.4 Å². The van der Waals surface area contributed by atoms with Crippen molar-refractivity contribution in [2.45, 2.75) is 0 Å². The van der Waals surface area contributed by atoms with Gasteiger partial charge in [0, 0.05) is 0 Å². The number of esters is 1. The van der Waals surface area contributed by atoms with Gasteiger partial charge in [0.05, 0.1) is 11.1 Å². The van der Waals surface area contributed by atoms with Gasteiger partial charge in [-0.3, -0.25) is 0 Å². The molecule has 0 bridgehead atoms. The minimum absolute atomic E-state index is 0.0197. The molecule has 114 valence electrons. The third-order valence-electron chi connectivity index (χ3n) is 3.19. The van der Waals surface area contributed by atoms with Crippen LogP contribution in [0.2, 0.25) is 0 Å². The van der Waals surface area contributed by atoms with Crippen molar-refractivity contribution in [3.8, 4) is 0 Å². The van der Waals surface area contributed by atoms with E-state index in [-0.39, 0.29) is 22.7 Å². The molecule has 2 aromatic carbocycles. The number of rotatable bonds is 3. The van der Waals surface area contributed by atoms with E-state index in [2.05, 4.69) is 4.99 Å². The molecule has 1 heterocycles. The van der Waals surface area contributed by atoms with E-state index in [4.69, 9.17) is 9.84 Å². The highest BCUT2D eigenvalue weighted by atomic mass is 19.1. The van der Waals surface area contributed by atoms with Gasteiger partial charge in [0.2, 0.25) is 5.90 Å². The summed E-state index contributed by atoms with van der Waals surface area (Å²) in [7, 11) is 0. The van der Waals surface area contributed by atoms with E-state index in [1.54, 1.807) is 18.2 Å². The van der Waals surface area contributed by atoms with E-state index >= 15 is 0 Å². The first-order valence-corrected chi connectivity index (χ1v) is 6.65. The molecule has 23 heavy (non-hydrogen) atoms. The van der Waals surface area contributed by atoms with Crippen LogP contribution in [0.25, 0.3) is 6.08 Å². The predicted octanol–water partition coefficient (Wildman–Crippen LogP) is 2.87. The molecular formula is C17H10FNO4. The number of cyclic esters (lactones) is 1. The van der Waals surface area contributed by atoms with Crippen molar-refractivity contribution in [3.05, 3.63) is 76.7 Å². The van der Waals surface area contributed by atoms with Crippen LogP contribution in [0.1, 0.15) is 21.5 Å². The Morgan fingerprint density at radius 1 is 1.13 bits per heavy atom. The van der Waals surface area contributed by atoms with Gasteiger partial charge in [-0.15, -0.1) is 0 Å². The van der Waals surface area contributed by atoms with Gasteiger partial charge >= 0.3 is 11.9 Å². The largest absolute Gasteiger partial charge is 0.478 e. The number of aliphatic imine (C=N–C) groups is 1. The Morgan fingerprint density at radius 2 is 1.83 bits per heavy atom. The van der Waals surface area contributed by atoms with E-state index in [0.29, 0.717) is 5.56 Å². The van der Waals surface area contributed by atoms with E-state index < -0.39 is 17.8 Å². The Bertz CT molecular complexity index is 853. The molecule has 5 nitrogen and oxygen atoms in total. The number of ether oxygens (including phenoxy) is 1. The lowest BCUT2D eigenvalue weighted by molar-refractivity contribution is -0.129. The summed E-state index contributed by atoms with van der Waals surface area (Å²) in [6.45, 7) is 0. The number of benzene rings is 2. The lowest BCUT2D eigenvalue weighted by Crippen LogP contribution is -2.07. The molecule has 6 heteroatoms. The lowest BCUT2D eigenvalue weighted by atomic mass is 10.1. The number of hydrogen-bond donors (Lipinski definition) is 1. The second-order valence-corrected chi connectivity index (χ2v) is 4.74. The molecule has 1 N–H and O–H groups in total. The Labute approximate surface area is 130 Å². The molecule has 0 saturated carbocycles. The number of nitrogens with zero attached hydrogens (tertiary/aromatic N) is 1. The zero-order chi connectivity index (χ0) is 16.4. The standard InChI is InChI=1S/C17H10FNO4/c18-13-4-2-1-3-12(13)15-19-14(17(22)23-15)9-10-5-7-11(8-6-10)16(20)21/h1-9H,(H,20,21). The number of carbonyl (C=O) groups is 2. The second-order valence-electron chi connectivity index (χ2n) is 4.74. The number of hydrogen-bond acceptors (Lipinski definition) is 4. The van der Waals surface area contributed by atoms with Gasteiger partial charge in [-0.25, -0.2) is 19.0 Å². The van der Waals surface area contributed by atoms with Crippen LogP contribution in [0.5, 0.6) is 0 Å². The van der Waals surface area contributed by atoms with Crippen LogP contribution in [0, 0.1) is 5.82 Å². The van der Waals surface area contributed by atoms with Crippen molar-refractivity contribution in [3.63, 3.8) is 0 Å². The first kappa shape index (κ1) is 14.6. The molecule has 1 aliphatic heterocycles. The number of halogens is 1. The predicted molar refractivity (Wildman–Crippen MR) is 80.4 cm³/mol. The zero-order valence-corrected chi connectivity index (χ0v) is 11.7. The average molecular weight is 311 g/mol. The molecule has 0 radical (unpaired) electrons. The van der Waals surface area contributed by atoms with Crippen molar-refractivity contribution in [1.82, 2.24) is 0 Å². The van der Waals surface area contributed by atoms with Gasteiger partial charge in [-0.1, -0.05) is 24.3 Å². The molecule has 0 fully saturated rings. The highest BCUT2D eigenvalue weighted by molar-refractivity contribution is 6.12. The van der Waals surface area contributed by atoms with Gasteiger partial charge in [0.1, 0.15) is 5.82 Å². The summed E-state index contributed by atoms with van der Waals surface area (Å²) < 4.78 is 18.7. The van der Waals surface area contributed by atoms with Gasteiger partial charge in [0.15, 0.2) is 5.70 Å². The molecule has 1 aliphatic rings. The summed E-state index contributed by atoms with van der Waals surface area (Å²) in [5.41, 5.74) is 0.842. The van der Waals surface area contributed by atoms with Crippen LogP contribution in [0.15, 0.2) is 59.2 Å². The molecule has 0 spiro atoms. The fourth-order valence-electron chi connectivity index (χ4n) is 2.04.